The minimum absolute atomic E-state index is 0.227. The number of carbonyl (C=O) groups excluding carboxylic acids is 1. The average molecular weight is 372 g/mol. The Labute approximate surface area is 155 Å². The molecule has 0 bridgehead atoms. The zero-order valence-electron chi connectivity index (χ0n) is 13.2. The maximum Gasteiger partial charge on any atom is 0.325 e. The highest BCUT2D eigenvalue weighted by molar-refractivity contribution is 6.36. The molecule has 0 radical (unpaired) electrons. The van der Waals surface area contributed by atoms with Crippen LogP contribution in [0.25, 0.3) is 17.0 Å². The number of amides is 2. The minimum Gasteiger partial charge on any atom is -0.355 e. The molecule has 2 heterocycles. The second kappa shape index (κ2) is 6.47. The standard InChI is InChI=1S/C19H15Cl2N3O/c20-12-5-6-18(15(21)11-12)23-19(25)24-9-7-14-13-3-1-2-4-16(13)22-17(14)8-10-24/h1-6,8,10-11,22H,7,9H2,(H,23,25). The number of anilines is 1. The molecule has 1 aromatic heterocycles. The van der Waals surface area contributed by atoms with Crippen molar-refractivity contribution in [3.05, 3.63) is 70.0 Å². The number of nitrogens with one attached hydrogen (secondary N) is 2. The molecule has 0 unspecified atom stereocenters. The summed E-state index contributed by atoms with van der Waals surface area (Å²) in [5, 5.41) is 4.97. The summed E-state index contributed by atoms with van der Waals surface area (Å²) in [6.45, 7) is 0.586. The van der Waals surface area contributed by atoms with Gasteiger partial charge >= 0.3 is 6.03 Å². The third-order valence-corrected chi connectivity index (χ3v) is 4.85. The van der Waals surface area contributed by atoms with E-state index in [1.165, 1.54) is 10.9 Å². The zero-order chi connectivity index (χ0) is 17.4. The van der Waals surface area contributed by atoms with Crippen LogP contribution in [0.2, 0.25) is 10.0 Å². The number of aromatic nitrogens is 1. The molecule has 6 heteroatoms. The van der Waals surface area contributed by atoms with Gasteiger partial charge < -0.3 is 15.2 Å². The Balaban J connectivity index is 1.55. The summed E-state index contributed by atoms with van der Waals surface area (Å²) in [4.78, 5) is 17.6. The first-order chi connectivity index (χ1) is 12.1. The maximum atomic E-state index is 12.6. The van der Waals surface area contributed by atoms with E-state index in [1.807, 2.05) is 18.2 Å². The lowest BCUT2D eigenvalue weighted by Gasteiger charge is -2.18. The minimum atomic E-state index is -0.227. The second-order valence-corrected chi connectivity index (χ2v) is 6.72. The van der Waals surface area contributed by atoms with Crippen molar-refractivity contribution >= 4 is 51.9 Å². The number of aromatic amines is 1. The number of H-pyrrole nitrogens is 1. The number of hydrogen-bond donors (Lipinski definition) is 2. The van der Waals surface area contributed by atoms with Crippen LogP contribution in [0.5, 0.6) is 0 Å². The fourth-order valence-electron chi connectivity index (χ4n) is 3.05. The van der Waals surface area contributed by atoms with Crippen LogP contribution in [0, 0.1) is 0 Å². The van der Waals surface area contributed by atoms with Crippen molar-refractivity contribution in [2.75, 3.05) is 11.9 Å². The van der Waals surface area contributed by atoms with Crippen LogP contribution in [0.3, 0.4) is 0 Å². The van der Waals surface area contributed by atoms with Crippen molar-refractivity contribution in [1.82, 2.24) is 9.88 Å². The lowest BCUT2D eigenvalue weighted by atomic mass is 10.1. The Morgan fingerprint density at radius 2 is 2.00 bits per heavy atom. The largest absolute Gasteiger partial charge is 0.355 e. The normalized spacial score (nSPS) is 13.6. The quantitative estimate of drug-likeness (QED) is 0.579. The number of para-hydroxylation sites is 1. The first-order valence-corrected chi connectivity index (χ1v) is 8.68. The topological polar surface area (TPSA) is 48.1 Å². The maximum absolute atomic E-state index is 12.6. The van der Waals surface area contributed by atoms with Crippen molar-refractivity contribution in [1.29, 1.82) is 0 Å². The molecular weight excluding hydrogens is 357 g/mol. The predicted molar refractivity (Wildman–Crippen MR) is 103 cm³/mol. The lowest BCUT2D eigenvalue weighted by Crippen LogP contribution is -2.31. The Bertz CT molecular complexity index is 993. The fourth-order valence-corrected chi connectivity index (χ4v) is 3.51. The molecule has 0 fully saturated rings. The molecule has 2 aromatic carbocycles. The van der Waals surface area contributed by atoms with Gasteiger partial charge in [-0.15, -0.1) is 0 Å². The molecular formula is C19H15Cl2N3O. The number of hydrogen-bond acceptors (Lipinski definition) is 1. The number of benzene rings is 2. The number of urea groups is 1. The SMILES string of the molecule is O=C(Nc1ccc(Cl)cc1Cl)N1C=Cc2[nH]c3ccccc3c2CC1. The van der Waals surface area contributed by atoms with Crippen LogP contribution < -0.4 is 5.32 Å². The molecule has 1 aliphatic rings. The highest BCUT2D eigenvalue weighted by Gasteiger charge is 2.18. The molecule has 126 valence electrons. The van der Waals surface area contributed by atoms with E-state index >= 15 is 0 Å². The number of halogens is 2. The van der Waals surface area contributed by atoms with Crippen LogP contribution in [-0.2, 0) is 6.42 Å². The van der Waals surface area contributed by atoms with Crippen LogP contribution >= 0.6 is 23.2 Å². The van der Waals surface area contributed by atoms with E-state index in [-0.39, 0.29) is 6.03 Å². The van der Waals surface area contributed by atoms with Gasteiger partial charge in [0, 0.05) is 34.4 Å². The van der Waals surface area contributed by atoms with E-state index in [4.69, 9.17) is 23.2 Å². The Hall–Kier alpha value is -2.43. The molecule has 0 saturated heterocycles. The Morgan fingerprint density at radius 3 is 2.84 bits per heavy atom. The summed E-state index contributed by atoms with van der Waals surface area (Å²) in [6.07, 6.45) is 4.50. The Morgan fingerprint density at radius 1 is 1.16 bits per heavy atom. The predicted octanol–water partition coefficient (Wildman–Crippen LogP) is 5.54. The number of fused-ring (bicyclic) bond motifs is 3. The van der Waals surface area contributed by atoms with E-state index in [0.717, 1.165) is 17.6 Å². The van der Waals surface area contributed by atoms with E-state index in [9.17, 15) is 4.79 Å². The van der Waals surface area contributed by atoms with Gasteiger partial charge in [-0.1, -0.05) is 41.4 Å². The third kappa shape index (κ3) is 3.11. The molecule has 25 heavy (non-hydrogen) atoms. The summed E-state index contributed by atoms with van der Waals surface area (Å²) >= 11 is 12.0. The van der Waals surface area contributed by atoms with Crippen LogP contribution in [0.1, 0.15) is 11.3 Å². The van der Waals surface area contributed by atoms with Gasteiger partial charge in [-0.25, -0.2) is 4.79 Å². The Kier molecular flexibility index (Phi) is 4.15. The van der Waals surface area contributed by atoms with Crippen LogP contribution in [-0.4, -0.2) is 22.5 Å². The summed E-state index contributed by atoms with van der Waals surface area (Å²) in [7, 11) is 0. The van der Waals surface area contributed by atoms with Crippen molar-refractivity contribution in [2.24, 2.45) is 0 Å². The molecule has 1 aliphatic heterocycles. The molecule has 0 aliphatic carbocycles. The van der Waals surface area contributed by atoms with E-state index in [2.05, 4.69) is 22.4 Å². The number of nitrogens with zero attached hydrogens (tertiary/aromatic N) is 1. The van der Waals surface area contributed by atoms with Crippen LogP contribution in [0.15, 0.2) is 48.7 Å². The smallest absolute Gasteiger partial charge is 0.325 e. The molecule has 0 spiro atoms. The third-order valence-electron chi connectivity index (χ3n) is 4.30. The van der Waals surface area contributed by atoms with E-state index in [1.54, 1.807) is 29.3 Å². The van der Waals surface area contributed by atoms with E-state index in [0.29, 0.717) is 22.3 Å². The number of rotatable bonds is 1. The summed E-state index contributed by atoms with van der Waals surface area (Å²) in [5.74, 6) is 0. The monoisotopic (exact) mass is 371 g/mol. The van der Waals surface area contributed by atoms with Crippen molar-refractivity contribution in [3.63, 3.8) is 0 Å². The number of carbonyl (C=O) groups is 1. The second-order valence-electron chi connectivity index (χ2n) is 5.88. The van der Waals surface area contributed by atoms with Crippen molar-refractivity contribution in [3.8, 4) is 0 Å². The van der Waals surface area contributed by atoms with Gasteiger partial charge in [0.1, 0.15) is 0 Å². The highest BCUT2D eigenvalue weighted by atomic mass is 35.5. The molecule has 3 aromatic rings. The van der Waals surface area contributed by atoms with Gasteiger partial charge in [0.15, 0.2) is 0 Å². The fraction of sp³-hybridized carbons (Fsp3) is 0.105. The summed E-state index contributed by atoms with van der Waals surface area (Å²) in [5.41, 5.74) is 3.92. The van der Waals surface area contributed by atoms with Crippen molar-refractivity contribution in [2.45, 2.75) is 6.42 Å². The molecule has 0 saturated carbocycles. The molecule has 4 rings (SSSR count). The van der Waals surface area contributed by atoms with Crippen LogP contribution in [0.4, 0.5) is 10.5 Å². The molecule has 4 nitrogen and oxygen atoms in total. The summed E-state index contributed by atoms with van der Waals surface area (Å²) < 4.78 is 0. The molecule has 0 atom stereocenters. The lowest BCUT2D eigenvalue weighted by molar-refractivity contribution is 0.229. The average Bonchev–Trinajstić information content (AvgIpc) is 2.81. The highest BCUT2D eigenvalue weighted by Crippen LogP contribution is 2.28. The first-order valence-electron chi connectivity index (χ1n) is 7.92. The summed E-state index contributed by atoms with van der Waals surface area (Å²) in [6, 6.07) is 13.0. The van der Waals surface area contributed by atoms with Crippen molar-refractivity contribution < 1.29 is 4.79 Å². The molecule has 2 amide bonds. The van der Waals surface area contributed by atoms with E-state index < -0.39 is 0 Å². The van der Waals surface area contributed by atoms with Gasteiger partial charge in [-0.05, 0) is 42.3 Å². The molecule has 2 N–H and O–H groups in total. The van der Waals surface area contributed by atoms with Gasteiger partial charge in [-0.3, -0.25) is 0 Å². The van der Waals surface area contributed by atoms with Gasteiger partial charge in [0.05, 0.1) is 10.7 Å². The first kappa shape index (κ1) is 16.1. The van der Waals surface area contributed by atoms with Gasteiger partial charge in [0.25, 0.3) is 0 Å². The van der Waals surface area contributed by atoms with Gasteiger partial charge in [-0.2, -0.15) is 0 Å². The zero-order valence-corrected chi connectivity index (χ0v) is 14.7. The van der Waals surface area contributed by atoms with Gasteiger partial charge in [0.2, 0.25) is 0 Å².